The first-order valence-corrected chi connectivity index (χ1v) is 5.08. The summed E-state index contributed by atoms with van der Waals surface area (Å²) in [6, 6.07) is 7.17. The Balaban J connectivity index is 2.70. The third-order valence-corrected chi connectivity index (χ3v) is 2.11. The van der Waals surface area contributed by atoms with Crippen LogP contribution in [0, 0.1) is 0 Å². The molecule has 0 radical (unpaired) electrons. The lowest BCUT2D eigenvalue weighted by atomic mass is 10.2. The molecule has 0 saturated carbocycles. The van der Waals surface area contributed by atoms with Crippen LogP contribution in [0.1, 0.15) is 23.7 Å². The van der Waals surface area contributed by atoms with E-state index in [4.69, 9.17) is 16.3 Å². The van der Waals surface area contributed by atoms with E-state index in [2.05, 4.69) is 0 Å². The average molecular weight is 213 g/mol. The van der Waals surface area contributed by atoms with Crippen LogP contribution in [0.5, 0.6) is 5.75 Å². The summed E-state index contributed by atoms with van der Waals surface area (Å²) in [7, 11) is 0. The fraction of sp³-hybridized carbons (Fsp3) is 0.364. The molecule has 0 N–H and O–H groups in total. The van der Waals surface area contributed by atoms with Crippen LogP contribution in [0.2, 0.25) is 0 Å². The maximum Gasteiger partial charge on any atom is 0.153 e. The Morgan fingerprint density at radius 3 is 2.86 bits per heavy atom. The van der Waals surface area contributed by atoms with Crippen molar-refractivity contribution in [2.45, 2.75) is 19.4 Å². The number of halogens is 1. The summed E-state index contributed by atoms with van der Waals surface area (Å²) in [5.74, 6) is 1.19. The van der Waals surface area contributed by atoms with Gasteiger partial charge in [0.25, 0.3) is 0 Å². The molecule has 1 rings (SSSR count). The van der Waals surface area contributed by atoms with Crippen molar-refractivity contribution in [2.24, 2.45) is 0 Å². The Bertz CT molecular complexity index is 299. The van der Waals surface area contributed by atoms with Crippen LogP contribution >= 0.6 is 11.6 Å². The van der Waals surface area contributed by atoms with Gasteiger partial charge >= 0.3 is 0 Å². The average Bonchev–Trinajstić information content (AvgIpc) is 2.19. The first-order chi connectivity index (χ1) is 6.77. The van der Waals surface area contributed by atoms with Gasteiger partial charge in [0.1, 0.15) is 5.75 Å². The molecule has 0 aliphatic heterocycles. The Kier molecular flexibility index (Phi) is 4.47. The van der Waals surface area contributed by atoms with Gasteiger partial charge in [-0.05, 0) is 25.5 Å². The molecule has 0 amide bonds. The first-order valence-electron chi connectivity index (χ1n) is 4.54. The van der Waals surface area contributed by atoms with Crippen molar-refractivity contribution < 1.29 is 9.53 Å². The predicted octanol–water partition coefficient (Wildman–Crippen LogP) is 2.90. The normalized spacial score (nSPS) is 12.1. The third-order valence-electron chi connectivity index (χ3n) is 1.89. The molecular weight excluding hydrogens is 200 g/mol. The maximum atomic E-state index is 10.7. The highest BCUT2D eigenvalue weighted by Gasteiger charge is 2.06. The van der Waals surface area contributed by atoms with E-state index in [9.17, 15) is 4.79 Å². The Labute approximate surface area is 88.8 Å². The molecule has 1 aromatic carbocycles. The number of alkyl halides is 1. The van der Waals surface area contributed by atoms with Crippen molar-refractivity contribution in [3.8, 4) is 5.75 Å². The summed E-state index contributed by atoms with van der Waals surface area (Å²) in [5, 5.41) is 0. The molecule has 0 saturated heterocycles. The third kappa shape index (κ3) is 3.04. The van der Waals surface area contributed by atoms with Crippen LogP contribution in [0.4, 0.5) is 0 Å². The topological polar surface area (TPSA) is 26.3 Å². The molecule has 0 spiro atoms. The minimum Gasteiger partial charge on any atom is -0.490 e. The molecule has 3 heteroatoms. The summed E-state index contributed by atoms with van der Waals surface area (Å²) in [6.07, 6.45) is 1.60. The molecule has 1 aromatic rings. The molecule has 0 aliphatic carbocycles. The van der Waals surface area contributed by atoms with E-state index in [0.717, 1.165) is 12.7 Å². The van der Waals surface area contributed by atoms with Gasteiger partial charge in [0, 0.05) is 5.88 Å². The van der Waals surface area contributed by atoms with Gasteiger partial charge in [-0.1, -0.05) is 12.1 Å². The van der Waals surface area contributed by atoms with E-state index in [1.165, 1.54) is 0 Å². The number of ether oxygens (including phenoxy) is 1. The van der Waals surface area contributed by atoms with Gasteiger partial charge in [-0.25, -0.2) is 0 Å². The monoisotopic (exact) mass is 212 g/mol. The second-order valence-corrected chi connectivity index (χ2v) is 3.44. The highest BCUT2D eigenvalue weighted by atomic mass is 35.5. The van der Waals surface area contributed by atoms with Crippen LogP contribution in [0.3, 0.4) is 0 Å². The number of benzene rings is 1. The van der Waals surface area contributed by atoms with Gasteiger partial charge in [0.15, 0.2) is 6.29 Å². The number of para-hydroxylation sites is 1. The number of aldehydes is 1. The molecule has 0 fully saturated rings. The zero-order valence-electron chi connectivity index (χ0n) is 8.07. The lowest BCUT2D eigenvalue weighted by Crippen LogP contribution is -2.13. The largest absolute Gasteiger partial charge is 0.490 e. The van der Waals surface area contributed by atoms with Gasteiger partial charge in [-0.2, -0.15) is 0 Å². The van der Waals surface area contributed by atoms with Gasteiger partial charge in [0.05, 0.1) is 11.7 Å². The van der Waals surface area contributed by atoms with Crippen LogP contribution in [-0.2, 0) is 0 Å². The number of carbonyl (C=O) groups is 1. The highest BCUT2D eigenvalue weighted by molar-refractivity contribution is 6.17. The fourth-order valence-corrected chi connectivity index (χ4v) is 1.42. The van der Waals surface area contributed by atoms with Crippen LogP contribution in [0.15, 0.2) is 24.3 Å². The molecule has 2 nitrogen and oxygen atoms in total. The molecule has 76 valence electrons. The van der Waals surface area contributed by atoms with E-state index in [0.29, 0.717) is 17.2 Å². The summed E-state index contributed by atoms with van der Waals surface area (Å²) in [6.45, 7) is 1.93. The smallest absolute Gasteiger partial charge is 0.153 e. The molecule has 0 heterocycles. The Morgan fingerprint density at radius 1 is 1.50 bits per heavy atom. The molecular formula is C11H13ClO2. The number of hydrogen-bond donors (Lipinski definition) is 0. The number of carbonyl (C=O) groups excluding carboxylic acids is 1. The van der Waals surface area contributed by atoms with Crippen LogP contribution < -0.4 is 4.74 Å². The Morgan fingerprint density at radius 2 is 2.21 bits per heavy atom. The minimum absolute atomic E-state index is 0.0357. The van der Waals surface area contributed by atoms with E-state index in [1.54, 1.807) is 12.1 Å². The van der Waals surface area contributed by atoms with Crippen molar-refractivity contribution in [3.05, 3.63) is 29.8 Å². The molecule has 1 atom stereocenters. The molecule has 0 aromatic heterocycles. The maximum absolute atomic E-state index is 10.7. The van der Waals surface area contributed by atoms with Gasteiger partial charge in [0.2, 0.25) is 0 Å². The van der Waals surface area contributed by atoms with Crippen molar-refractivity contribution in [1.82, 2.24) is 0 Å². The highest BCUT2D eigenvalue weighted by Crippen LogP contribution is 2.18. The summed E-state index contributed by atoms with van der Waals surface area (Å²) >= 11 is 5.59. The first kappa shape index (κ1) is 11.1. The van der Waals surface area contributed by atoms with Gasteiger partial charge < -0.3 is 4.74 Å². The summed E-state index contributed by atoms with van der Waals surface area (Å²) in [5.41, 5.74) is 0.578. The second kappa shape index (κ2) is 5.66. The van der Waals surface area contributed by atoms with Gasteiger partial charge in [-0.15, -0.1) is 11.6 Å². The predicted molar refractivity (Wildman–Crippen MR) is 57.3 cm³/mol. The van der Waals surface area contributed by atoms with Gasteiger partial charge in [-0.3, -0.25) is 4.79 Å². The lowest BCUT2D eigenvalue weighted by Gasteiger charge is -2.14. The Hall–Kier alpha value is -1.02. The standard InChI is InChI=1S/C11H13ClO2/c1-9(6-7-12)14-11-5-3-2-4-10(11)8-13/h2-5,8-9H,6-7H2,1H3. The summed E-state index contributed by atoms with van der Waals surface area (Å²) in [4.78, 5) is 10.7. The van der Waals surface area contributed by atoms with Crippen molar-refractivity contribution >= 4 is 17.9 Å². The van der Waals surface area contributed by atoms with Crippen molar-refractivity contribution in [1.29, 1.82) is 0 Å². The van der Waals surface area contributed by atoms with Crippen molar-refractivity contribution in [2.75, 3.05) is 5.88 Å². The van der Waals surface area contributed by atoms with Crippen molar-refractivity contribution in [3.63, 3.8) is 0 Å². The SMILES string of the molecule is CC(CCCl)Oc1ccccc1C=O. The zero-order chi connectivity index (χ0) is 10.4. The molecule has 0 aliphatic rings. The second-order valence-electron chi connectivity index (χ2n) is 3.06. The van der Waals surface area contributed by atoms with E-state index >= 15 is 0 Å². The molecule has 0 bridgehead atoms. The number of hydrogen-bond acceptors (Lipinski definition) is 2. The van der Waals surface area contributed by atoms with E-state index < -0.39 is 0 Å². The van der Waals surface area contributed by atoms with E-state index in [-0.39, 0.29) is 6.10 Å². The lowest BCUT2D eigenvalue weighted by molar-refractivity contribution is 0.111. The summed E-state index contributed by atoms with van der Waals surface area (Å²) < 4.78 is 5.56. The molecule has 14 heavy (non-hydrogen) atoms. The number of rotatable bonds is 5. The quantitative estimate of drug-likeness (QED) is 0.554. The zero-order valence-corrected chi connectivity index (χ0v) is 8.83. The fourth-order valence-electron chi connectivity index (χ4n) is 1.11. The molecule has 1 unspecified atom stereocenters. The van der Waals surface area contributed by atoms with Crippen LogP contribution in [-0.4, -0.2) is 18.3 Å². The minimum atomic E-state index is 0.0357. The van der Waals surface area contributed by atoms with Crippen LogP contribution in [0.25, 0.3) is 0 Å². The van der Waals surface area contributed by atoms with E-state index in [1.807, 2.05) is 19.1 Å².